The van der Waals surface area contributed by atoms with Gasteiger partial charge in [-0.2, -0.15) is 0 Å². The first-order chi connectivity index (χ1) is 20.1. The number of furan rings is 1. The maximum atomic E-state index is 14.8. The molecule has 0 radical (unpaired) electrons. The lowest BCUT2D eigenvalue weighted by molar-refractivity contribution is 0.0741. The number of ether oxygens (including phenoxy) is 1. The van der Waals surface area contributed by atoms with Crippen molar-refractivity contribution in [2.24, 2.45) is 0 Å². The Hall–Kier alpha value is -4.16. The number of anilines is 1. The minimum atomic E-state index is -0.398. The average Bonchev–Trinajstić information content (AvgIpc) is 3.78. The zero-order valence-electron chi connectivity index (χ0n) is 22.3. The van der Waals surface area contributed by atoms with Crippen LogP contribution in [0.1, 0.15) is 22.4 Å². The summed E-state index contributed by atoms with van der Waals surface area (Å²) < 4.78 is 27.7. The van der Waals surface area contributed by atoms with Crippen LogP contribution in [0.3, 0.4) is 0 Å². The van der Waals surface area contributed by atoms with Crippen molar-refractivity contribution >= 4 is 34.7 Å². The van der Waals surface area contributed by atoms with Gasteiger partial charge < -0.3 is 19.0 Å². The van der Waals surface area contributed by atoms with Crippen molar-refractivity contribution in [1.29, 1.82) is 0 Å². The highest BCUT2D eigenvalue weighted by molar-refractivity contribution is 7.98. The smallest absolute Gasteiger partial charge is 0.273 e. The molecule has 5 aromatic rings. The summed E-state index contributed by atoms with van der Waals surface area (Å²) in [5.74, 6) is 1.72. The molecule has 0 unspecified atom stereocenters. The number of piperazine rings is 1. The average molecular weight is 591 g/mol. The van der Waals surface area contributed by atoms with Crippen molar-refractivity contribution in [3.8, 4) is 23.0 Å². The lowest BCUT2D eigenvalue weighted by Crippen LogP contribution is -2.49. The molecule has 2 aromatic carbocycles. The van der Waals surface area contributed by atoms with E-state index in [0.29, 0.717) is 66.7 Å². The maximum absolute atomic E-state index is 14.8. The Morgan fingerprint density at radius 2 is 1.80 bits per heavy atom. The first-order valence-corrected chi connectivity index (χ1v) is 15.1. The second-order valence-electron chi connectivity index (χ2n) is 9.17. The van der Waals surface area contributed by atoms with Crippen molar-refractivity contribution in [2.45, 2.75) is 17.8 Å². The zero-order chi connectivity index (χ0) is 28.2. The van der Waals surface area contributed by atoms with Crippen LogP contribution in [0.25, 0.3) is 17.3 Å². The number of amides is 1. The van der Waals surface area contributed by atoms with Gasteiger partial charge in [0.15, 0.2) is 10.9 Å². The molecule has 4 heterocycles. The Balaban J connectivity index is 1.12. The molecule has 9 nitrogen and oxygen atoms in total. The summed E-state index contributed by atoms with van der Waals surface area (Å²) >= 11 is 2.79. The minimum absolute atomic E-state index is 0.0788. The molecule has 1 aliphatic heterocycles. The number of rotatable bonds is 9. The summed E-state index contributed by atoms with van der Waals surface area (Å²) in [6.45, 7) is 5.20. The summed E-state index contributed by atoms with van der Waals surface area (Å²) in [6.07, 6.45) is 1.54. The van der Waals surface area contributed by atoms with Gasteiger partial charge in [-0.1, -0.05) is 36.0 Å². The van der Waals surface area contributed by atoms with Gasteiger partial charge in [-0.3, -0.25) is 9.36 Å². The van der Waals surface area contributed by atoms with Crippen LogP contribution in [0.15, 0.2) is 81.9 Å². The largest absolute Gasteiger partial charge is 0.492 e. The number of benzene rings is 2. The number of hydrogen-bond acceptors (Lipinski definition) is 9. The van der Waals surface area contributed by atoms with Crippen LogP contribution in [0.5, 0.6) is 5.75 Å². The molecule has 12 heteroatoms. The van der Waals surface area contributed by atoms with Crippen molar-refractivity contribution in [3.05, 3.63) is 88.8 Å². The van der Waals surface area contributed by atoms with Crippen LogP contribution in [-0.2, 0) is 5.75 Å². The lowest BCUT2D eigenvalue weighted by Gasteiger charge is -2.36. The molecule has 1 saturated heterocycles. The van der Waals surface area contributed by atoms with Gasteiger partial charge in [0.1, 0.15) is 22.3 Å². The number of hydrogen-bond donors (Lipinski definition) is 0. The molecule has 0 saturated carbocycles. The number of halogens is 1. The normalized spacial score (nSPS) is 13.5. The van der Waals surface area contributed by atoms with E-state index in [-0.39, 0.29) is 5.91 Å². The molecule has 0 atom stereocenters. The van der Waals surface area contributed by atoms with Gasteiger partial charge >= 0.3 is 0 Å². The predicted molar refractivity (Wildman–Crippen MR) is 156 cm³/mol. The van der Waals surface area contributed by atoms with Gasteiger partial charge in [-0.25, -0.2) is 9.37 Å². The molecule has 1 aliphatic rings. The second-order valence-corrected chi connectivity index (χ2v) is 11.1. The Morgan fingerprint density at radius 1 is 1.02 bits per heavy atom. The molecule has 6 rings (SSSR count). The van der Waals surface area contributed by atoms with Gasteiger partial charge in [0, 0.05) is 31.6 Å². The number of thioether (sulfide) groups is 1. The fourth-order valence-electron chi connectivity index (χ4n) is 4.69. The number of aromatic nitrogens is 4. The van der Waals surface area contributed by atoms with Gasteiger partial charge in [0.2, 0.25) is 5.82 Å². The summed E-state index contributed by atoms with van der Waals surface area (Å²) in [7, 11) is 0. The first kappa shape index (κ1) is 27.0. The highest BCUT2D eigenvalue weighted by atomic mass is 32.2. The number of carbonyl (C=O) groups excluding carboxylic acids is 1. The van der Waals surface area contributed by atoms with Crippen LogP contribution >= 0.6 is 23.1 Å². The Labute approximate surface area is 244 Å². The van der Waals surface area contributed by atoms with E-state index in [1.807, 2.05) is 30.0 Å². The Kier molecular flexibility index (Phi) is 8.01. The van der Waals surface area contributed by atoms with Crippen molar-refractivity contribution in [2.75, 3.05) is 37.7 Å². The number of nitrogens with zero attached hydrogens (tertiary/aromatic N) is 6. The monoisotopic (exact) mass is 590 g/mol. The zero-order valence-corrected chi connectivity index (χ0v) is 23.9. The predicted octanol–water partition coefficient (Wildman–Crippen LogP) is 5.78. The SMILES string of the molecule is CCOc1ccccc1N1CCN(C(=O)c2csc(CSc3nnc(-c4ccco4)n3-c3ccccc3F)n2)CC1. The summed E-state index contributed by atoms with van der Waals surface area (Å²) in [5.41, 5.74) is 1.80. The summed E-state index contributed by atoms with van der Waals surface area (Å²) in [6, 6.07) is 18.0. The van der Waals surface area contributed by atoms with E-state index in [4.69, 9.17) is 9.15 Å². The number of thiazole rings is 1. The summed E-state index contributed by atoms with van der Waals surface area (Å²) in [5, 5.41) is 11.6. The van der Waals surface area contributed by atoms with E-state index >= 15 is 0 Å². The molecular formula is C29H27FN6O3S2. The number of carbonyl (C=O) groups is 1. The molecule has 41 heavy (non-hydrogen) atoms. The molecule has 210 valence electrons. The van der Waals surface area contributed by atoms with Crippen LogP contribution in [0.4, 0.5) is 10.1 Å². The highest BCUT2D eigenvalue weighted by Gasteiger charge is 2.26. The van der Waals surface area contributed by atoms with Gasteiger partial charge in [-0.05, 0) is 43.3 Å². The fourth-order valence-corrected chi connectivity index (χ4v) is 6.42. The van der Waals surface area contributed by atoms with E-state index in [0.717, 1.165) is 16.4 Å². The summed E-state index contributed by atoms with van der Waals surface area (Å²) in [4.78, 5) is 22.0. The standard InChI is InChI=1S/C29H27FN6O3S2/c1-2-38-24-11-6-5-10-23(24)34-13-15-35(16-14-34)28(37)21-18-40-26(31-21)19-41-29-33-32-27(25-12-7-17-39-25)36(29)22-9-4-3-8-20(22)30/h3-12,17-18H,2,13-16,19H2,1H3. The third-order valence-corrected chi connectivity index (χ3v) is 8.61. The van der Waals surface area contributed by atoms with E-state index in [1.54, 1.807) is 40.3 Å². The van der Waals surface area contributed by atoms with Crippen LogP contribution in [-0.4, -0.2) is 63.3 Å². The minimum Gasteiger partial charge on any atom is -0.492 e. The lowest BCUT2D eigenvalue weighted by atomic mass is 10.2. The van der Waals surface area contributed by atoms with Crippen molar-refractivity contribution in [1.82, 2.24) is 24.6 Å². The van der Waals surface area contributed by atoms with E-state index in [1.165, 1.54) is 35.4 Å². The molecule has 1 amide bonds. The maximum Gasteiger partial charge on any atom is 0.273 e. The second kappa shape index (κ2) is 12.1. The van der Waals surface area contributed by atoms with E-state index in [9.17, 15) is 9.18 Å². The third kappa shape index (κ3) is 5.70. The van der Waals surface area contributed by atoms with Crippen LogP contribution in [0, 0.1) is 5.82 Å². The molecule has 0 aliphatic carbocycles. The first-order valence-electron chi connectivity index (χ1n) is 13.2. The quantitative estimate of drug-likeness (QED) is 0.200. The fraction of sp³-hybridized carbons (Fsp3) is 0.241. The van der Waals surface area contributed by atoms with Crippen LogP contribution in [0.2, 0.25) is 0 Å². The van der Waals surface area contributed by atoms with E-state index in [2.05, 4.69) is 26.1 Å². The van der Waals surface area contributed by atoms with Gasteiger partial charge in [0.05, 0.1) is 30.0 Å². The van der Waals surface area contributed by atoms with Gasteiger partial charge in [-0.15, -0.1) is 21.5 Å². The van der Waals surface area contributed by atoms with Crippen LogP contribution < -0.4 is 9.64 Å². The van der Waals surface area contributed by atoms with Crippen molar-refractivity contribution in [3.63, 3.8) is 0 Å². The highest BCUT2D eigenvalue weighted by Crippen LogP contribution is 2.32. The Morgan fingerprint density at radius 3 is 2.56 bits per heavy atom. The third-order valence-electron chi connectivity index (χ3n) is 6.64. The topological polar surface area (TPSA) is 89.5 Å². The molecule has 0 spiro atoms. The molecule has 3 aromatic heterocycles. The van der Waals surface area contributed by atoms with Gasteiger partial charge in [0.25, 0.3) is 5.91 Å². The Bertz CT molecular complexity index is 1630. The molecule has 1 fully saturated rings. The molecular weight excluding hydrogens is 563 g/mol. The van der Waals surface area contributed by atoms with E-state index < -0.39 is 5.82 Å². The molecule has 0 bridgehead atoms. The number of para-hydroxylation sites is 3. The van der Waals surface area contributed by atoms with Crippen molar-refractivity contribution < 1.29 is 18.3 Å². The molecule has 0 N–H and O–H groups in total.